The third-order valence-electron chi connectivity index (χ3n) is 4.56. The summed E-state index contributed by atoms with van der Waals surface area (Å²) in [5.74, 6) is 0.671. The van der Waals surface area contributed by atoms with Crippen molar-refractivity contribution in [3.63, 3.8) is 0 Å². The summed E-state index contributed by atoms with van der Waals surface area (Å²) >= 11 is 7.05. The number of aryl methyl sites for hydroxylation is 2. The SMILES string of the molecule is Cc1nn(C)c(-n2ccc3cc(Cl)ccc32)c1CC/C=C1\SC(=O)NC1=O. The van der Waals surface area contributed by atoms with Crippen LogP contribution in [0.5, 0.6) is 0 Å². The number of hydrogen-bond acceptors (Lipinski definition) is 4. The van der Waals surface area contributed by atoms with Crippen molar-refractivity contribution < 1.29 is 9.59 Å². The van der Waals surface area contributed by atoms with Gasteiger partial charge < -0.3 is 4.57 Å². The summed E-state index contributed by atoms with van der Waals surface area (Å²) in [4.78, 5) is 23.4. The van der Waals surface area contributed by atoms with E-state index >= 15 is 0 Å². The molecule has 27 heavy (non-hydrogen) atoms. The molecule has 0 saturated carbocycles. The number of nitrogens with zero attached hydrogens (tertiary/aromatic N) is 3. The van der Waals surface area contributed by atoms with Gasteiger partial charge in [-0.15, -0.1) is 0 Å². The fourth-order valence-corrected chi connectivity index (χ4v) is 4.26. The standard InChI is InChI=1S/C19H17ClN4O2S/c1-11-14(4-3-5-16-17(25)21-19(26)27-16)18(23(2)22-11)24-9-8-12-10-13(20)6-7-15(12)24/h5-10H,3-4H2,1-2H3,(H,21,25,26)/b16-5-. The molecule has 1 N–H and O–H groups in total. The van der Waals surface area contributed by atoms with E-state index in [0.29, 0.717) is 22.8 Å². The molecule has 3 heterocycles. The fraction of sp³-hybridized carbons (Fsp3) is 0.211. The van der Waals surface area contributed by atoms with Crippen LogP contribution in [-0.4, -0.2) is 25.5 Å². The number of fused-ring (bicyclic) bond motifs is 1. The van der Waals surface area contributed by atoms with E-state index in [-0.39, 0.29) is 11.1 Å². The van der Waals surface area contributed by atoms with E-state index in [9.17, 15) is 9.59 Å². The third-order valence-corrected chi connectivity index (χ3v) is 5.65. The molecule has 138 valence electrons. The lowest BCUT2D eigenvalue weighted by atomic mass is 10.1. The normalized spacial score (nSPS) is 15.9. The van der Waals surface area contributed by atoms with Gasteiger partial charge in [0.15, 0.2) is 0 Å². The van der Waals surface area contributed by atoms with E-state index in [1.165, 1.54) is 0 Å². The van der Waals surface area contributed by atoms with Crippen LogP contribution >= 0.6 is 23.4 Å². The van der Waals surface area contributed by atoms with Gasteiger partial charge >= 0.3 is 0 Å². The second-order valence-electron chi connectivity index (χ2n) is 6.35. The lowest BCUT2D eigenvalue weighted by Gasteiger charge is -2.09. The zero-order chi connectivity index (χ0) is 19.1. The molecule has 2 aromatic heterocycles. The Hall–Kier alpha value is -2.51. The summed E-state index contributed by atoms with van der Waals surface area (Å²) in [6, 6.07) is 7.84. The summed E-state index contributed by atoms with van der Waals surface area (Å²) in [5.41, 5.74) is 3.11. The van der Waals surface area contributed by atoms with Gasteiger partial charge in [0.05, 0.1) is 16.1 Å². The van der Waals surface area contributed by atoms with Gasteiger partial charge in [-0.3, -0.25) is 19.6 Å². The van der Waals surface area contributed by atoms with Gasteiger partial charge in [-0.2, -0.15) is 5.10 Å². The number of allylic oxidation sites excluding steroid dienone is 1. The average molecular weight is 401 g/mol. The molecule has 0 radical (unpaired) electrons. The van der Waals surface area contributed by atoms with E-state index in [0.717, 1.165) is 39.7 Å². The molecule has 0 spiro atoms. The van der Waals surface area contributed by atoms with Crippen molar-refractivity contribution in [1.29, 1.82) is 0 Å². The zero-order valence-electron chi connectivity index (χ0n) is 14.8. The Kier molecular flexibility index (Phi) is 4.57. The number of rotatable bonds is 4. The van der Waals surface area contributed by atoms with E-state index in [2.05, 4.69) is 15.0 Å². The molecule has 1 saturated heterocycles. The van der Waals surface area contributed by atoms with E-state index in [4.69, 9.17) is 11.6 Å². The molecular formula is C19H17ClN4O2S. The minimum Gasteiger partial charge on any atom is -0.301 e. The summed E-state index contributed by atoms with van der Waals surface area (Å²) in [6.45, 7) is 1.98. The molecule has 2 amide bonds. The molecule has 1 fully saturated rings. The predicted molar refractivity (Wildman–Crippen MR) is 107 cm³/mol. The van der Waals surface area contributed by atoms with Crippen LogP contribution in [0, 0.1) is 6.92 Å². The number of thioether (sulfide) groups is 1. The van der Waals surface area contributed by atoms with Crippen LogP contribution < -0.4 is 5.32 Å². The number of hydrogen-bond donors (Lipinski definition) is 1. The maximum atomic E-state index is 11.7. The number of halogens is 1. The van der Waals surface area contributed by atoms with Gasteiger partial charge in [-0.1, -0.05) is 17.7 Å². The van der Waals surface area contributed by atoms with Crippen molar-refractivity contribution in [1.82, 2.24) is 19.7 Å². The van der Waals surface area contributed by atoms with Gasteiger partial charge in [0.1, 0.15) is 5.82 Å². The minimum absolute atomic E-state index is 0.318. The van der Waals surface area contributed by atoms with Gasteiger partial charge in [0.25, 0.3) is 11.1 Å². The predicted octanol–water partition coefficient (Wildman–Crippen LogP) is 4.13. The highest BCUT2D eigenvalue weighted by Gasteiger charge is 2.24. The lowest BCUT2D eigenvalue weighted by molar-refractivity contribution is -0.115. The average Bonchev–Trinajstić information content (AvgIpc) is 3.23. The smallest absolute Gasteiger partial charge is 0.290 e. The first-order valence-electron chi connectivity index (χ1n) is 8.47. The van der Waals surface area contributed by atoms with Gasteiger partial charge in [-0.25, -0.2) is 0 Å². The van der Waals surface area contributed by atoms with E-state index < -0.39 is 0 Å². The molecule has 1 aliphatic heterocycles. The molecule has 0 atom stereocenters. The van der Waals surface area contributed by atoms with Crippen LogP contribution in [0.4, 0.5) is 4.79 Å². The van der Waals surface area contributed by atoms with Gasteiger partial charge in [-0.05, 0) is 55.8 Å². The van der Waals surface area contributed by atoms with Crippen LogP contribution in [0.15, 0.2) is 41.4 Å². The zero-order valence-corrected chi connectivity index (χ0v) is 16.4. The summed E-state index contributed by atoms with van der Waals surface area (Å²) in [7, 11) is 1.92. The van der Waals surface area contributed by atoms with Crippen molar-refractivity contribution >= 4 is 45.4 Å². The first-order valence-corrected chi connectivity index (χ1v) is 9.66. The van der Waals surface area contributed by atoms with Crippen molar-refractivity contribution in [2.75, 3.05) is 0 Å². The number of benzene rings is 1. The highest BCUT2D eigenvalue weighted by molar-refractivity contribution is 8.18. The first kappa shape index (κ1) is 17.9. The molecule has 8 heteroatoms. The highest BCUT2D eigenvalue weighted by atomic mass is 35.5. The Morgan fingerprint density at radius 2 is 2.11 bits per heavy atom. The third kappa shape index (κ3) is 3.28. The van der Waals surface area contributed by atoms with Crippen molar-refractivity contribution in [3.8, 4) is 5.82 Å². The summed E-state index contributed by atoms with van der Waals surface area (Å²) in [6.07, 6.45) is 5.19. The number of nitrogens with one attached hydrogen (secondary N) is 1. The Labute approximate surface area is 165 Å². The Bertz CT molecular complexity index is 1110. The molecule has 1 aromatic carbocycles. The molecule has 4 rings (SSSR count). The molecule has 0 bridgehead atoms. The van der Waals surface area contributed by atoms with Gasteiger partial charge in [0.2, 0.25) is 0 Å². The summed E-state index contributed by atoms with van der Waals surface area (Å²) in [5, 5.41) is 8.30. The van der Waals surface area contributed by atoms with Crippen LogP contribution in [0.1, 0.15) is 17.7 Å². The fourth-order valence-electron chi connectivity index (χ4n) is 3.39. The number of aromatic nitrogens is 3. The van der Waals surface area contributed by atoms with Gasteiger partial charge in [0, 0.05) is 29.2 Å². The number of amides is 2. The Balaban J connectivity index is 1.67. The maximum Gasteiger partial charge on any atom is 0.290 e. The largest absolute Gasteiger partial charge is 0.301 e. The van der Waals surface area contributed by atoms with Crippen LogP contribution in [-0.2, 0) is 18.3 Å². The first-order chi connectivity index (χ1) is 12.9. The molecule has 0 aliphatic carbocycles. The maximum absolute atomic E-state index is 11.7. The van der Waals surface area contributed by atoms with Crippen LogP contribution in [0.3, 0.4) is 0 Å². The Morgan fingerprint density at radius 1 is 1.30 bits per heavy atom. The second kappa shape index (κ2) is 6.90. The monoisotopic (exact) mass is 400 g/mol. The highest BCUT2D eigenvalue weighted by Crippen LogP contribution is 2.28. The van der Waals surface area contributed by atoms with Crippen LogP contribution in [0.2, 0.25) is 5.02 Å². The van der Waals surface area contributed by atoms with Crippen molar-refractivity contribution in [2.45, 2.75) is 19.8 Å². The minimum atomic E-state index is -0.318. The molecule has 6 nitrogen and oxygen atoms in total. The van der Waals surface area contributed by atoms with Crippen LogP contribution in [0.25, 0.3) is 16.7 Å². The van der Waals surface area contributed by atoms with Crippen molar-refractivity contribution in [3.05, 3.63) is 57.7 Å². The number of carbonyl (C=O) groups excluding carboxylic acids is 2. The Morgan fingerprint density at radius 3 is 2.85 bits per heavy atom. The lowest BCUT2D eigenvalue weighted by Crippen LogP contribution is -2.17. The van der Waals surface area contributed by atoms with Crippen molar-refractivity contribution in [2.24, 2.45) is 7.05 Å². The molecule has 0 unspecified atom stereocenters. The molecule has 1 aliphatic rings. The number of imide groups is 1. The quantitative estimate of drug-likeness (QED) is 0.668. The molecular weight excluding hydrogens is 384 g/mol. The van der Waals surface area contributed by atoms with E-state index in [1.54, 1.807) is 0 Å². The van der Waals surface area contributed by atoms with E-state index in [1.807, 2.05) is 55.2 Å². The second-order valence-corrected chi connectivity index (χ2v) is 7.80. The number of carbonyl (C=O) groups is 2. The molecule has 3 aromatic rings. The topological polar surface area (TPSA) is 68.9 Å². The summed E-state index contributed by atoms with van der Waals surface area (Å²) < 4.78 is 3.97.